The largest absolute Gasteiger partial charge is 0.364 e. The monoisotopic (exact) mass is 160 g/mol. The van der Waals surface area contributed by atoms with Gasteiger partial charge in [-0.05, 0) is 11.8 Å². The highest BCUT2D eigenvalue weighted by molar-refractivity contribution is 4.85. The lowest BCUT2D eigenvalue weighted by molar-refractivity contribution is -0.0190. The second-order valence-corrected chi connectivity index (χ2v) is 3.29. The summed E-state index contributed by atoms with van der Waals surface area (Å²) in [4.78, 5) is 0. The molecule has 1 N–H and O–H groups in total. The van der Waals surface area contributed by atoms with Crippen molar-refractivity contribution in [3.8, 4) is 0 Å². The van der Waals surface area contributed by atoms with E-state index in [-0.39, 0.29) is 5.92 Å². The van der Waals surface area contributed by atoms with Gasteiger partial charge >= 0.3 is 0 Å². The Hall–Kier alpha value is -0.370. The molecule has 0 rings (SSSR count). The molecule has 3 atom stereocenters. The van der Waals surface area contributed by atoms with Crippen molar-refractivity contribution < 1.29 is 9.50 Å². The van der Waals surface area contributed by atoms with Crippen molar-refractivity contribution in [2.24, 2.45) is 17.8 Å². The molecule has 0 aromatic rings. The van der Waals surface area contributed by atoms with E-state index >= 15 is 0 Å². The van der Waals surface area contributed by atoms with Crippen LogP contribution in [-0.4, -0.2) is 11.5 Å². The number of aliphatic hydroxyl groups excluding tert-OH is 1. The third-order valence-electron chi connectivity index (χ3n) is 2.25. The minimum atomic E-state index is -1.77. The lowest BCUT2D eigenvalue weighted by Gasteiger charge is -2.24. The zero-order chi connectivity index (χ0) is 9.02. The standard InChI is InChI=1S/C9H17FO/c1-5-8(9(10)11)7(4)6(2)3/h5-9,11H,1H2,2-4H3/t7-,8+,9?/m1/s1. The van der Waals surface area contributed by atoms with Crippen LogP contribution in [0.5, 0.6) is 0 Å². The Kier molecular flexibility index (Phi) is 4.34. The normalized spacial score (nSPS) is 19.5. The van der Waals surface area contributed by atoms with E-state index in [1.165, 1.54) is 6.08 Å². The molecule has 1 nitrogen and oxygen atoms in total. The second kappa shape index (κ2) is 4.50. The zero-order valence-corrected chi connectivity index (χ0v) is 7.42. The van der Waals surface area contributed by atoms with Gasteiger partial charge in [-0.1, -0.05) is 26.8 Å². The fourth-order valence-electron chi connectivity index (χ4n) is 1.02. The molecular weight excluding hydrogens is 143 g/mol. The van der Waals surface area contributed by atoms with Crippen LogP contribution in [0.2, 0.25) is 0 Å². The number of alkyl halides is 1. The van der Waals surface area contributed by atoms with Gasteiger partial charge in [-0.15, -0.1) is 6.58 Å². The first-order chi connectivity index (χ1) is 5.00. The molecule has 2 heteroatoms. The molecule has 0 spiro atoms. The van der Waals surface area contributed by atoms with E-state index in [1.54, 1.807) is 0 Å². The van der Waals surface area contributed by atoms with E-state index in [1.807, 2.05) is 20.8 Å². The number of hydrogen-bond donors (Lipinski definition) is 1. The Labute approximate surface area is 67.9 Å². The van der Waals surface area contributed by atoms with Gasteiger partial charge < -0.3 is 5.11 Å². The molecule has 0 aliphatic rings. The SMILES string of the molecule is C=C[C@H](C(O)F)[C@H](C)C(C)C. The van der Waals surface area contributed by atoms with Crippen LogP contribution in [0, 0.1) is 17.8 Å². The molecule has 0 aromatic carbocycles. The fourth-order valence-corrected chi connectivity index (χ4v) is 1.02. The Balaban J connectivity index is 4.13. The zero-order valence-electron chi connectivity index (χ0n) is 7.42. The van der Waals surface area contributed by atoms with E-state index in [0.717, 1.165) is 0 Å². The number of hydrogen-bond acceptors (Lipinski definition) is 1. The molecule has 0 fully saturated rings. The molecule has 0 aliphatic carbocycles. The van der Waals surface area contributed by atoms with E-state index in [9.17, 15) is 4.39 Å². The van der Waals surface area contributed by atoms with Crippen molar-refractivity contribution in [3.63, 3.8) is 0 Å². The molecule has 0 bridgehead atoms. The Morgan fingerprint density at radius 3 is 1.91 bits per heavy atom. The molecule has 11 heavy (non-hydrogen) atoms. The summed E-state index contributed by atoms with van der Waals surface area (Å²) < 4.78 is 12.5. The average Bonchev–Trinajstić information content (AvgIpc) is 1.88. The van der Waals surface area contributed by atoms with Crippen molar-refractivity contribution in [2.45, 2.75) is 27.1 Å². The van der Waals surface area contributed by atoms with Gasteiger partial charge in [0.25, 0.3) is 0 Å². The predicted octanol–water partition coefficient (Wildman–Crippen LogP) is 2.37. The summed E-state index contributed by atoms with van der Waals surface area (Å²) in [5.41, 5.74) is 0. The maximum Gasteiger partial charge on any atom is 0.202 e. The summed E-state index contributed by atoms with van der Waals surface area (Å²) in [6.07, 6.45) is -0.292. The summed E-state index contributed by atoms with van der Waals surface area (Å²) in [5, 5.41) is 8.69. The molecule has 0 radical (unpaired) electrons. The van der Waals surface area contributed by atoms with Gasteiger partial charge in [-0.3, -0.25) is 0 Å². The van der Waals surface area contributed by atoms with Crippen molar-refractivity contribution in [2.75, 3.05) is 0 Å². The Bertz CT molecular complexity index is 121. The molecular formula is C9H17FO. The van der Waals surface area contributed by atoms with Crippen molar-refractivity contribution in [3.05, 3.63) is 12.7 Å². The van der Waals surface area contributed by atoms with Crippen LogP contribution < -0.4 is 0 Å². The highest BCUT2D eigenvalue weighted by atomic mass is 19.1. The van der Waals surface area contributed by atoms with Crippen molar-refractivity contribution >= 4 is 0 Å². The molecule has 0 aliphatic heterocycles. The van der Waals surface area contributed by atoms with Crippen LogP contribution in [0.3, 0.4) is 0 Å². The molecule has 0 amide bonds. The minimum absolute atomic E-state index is 0.132. The van der Waals surface area contributed by atoms with Gasteiger partial charge in [0.05, 0.1) is 0 Å². The lowest BCUT2D eigenvalue weighted by Crippen LogP contribution is -2.24. The third-order valence-corrected chi connectivity index (χ3v) is 2.25. The molecule has 1 unspecified atom stereocenters. The summed E-state index contributed by atoms with van der Waals surface area (Å²) in [5.74, 6) is 0.0610. The summed E-state index contributed by atoms with van der Waals surface area (Å²) in [7, 11) is 0. The van der Waals surface area contributed by atoms with Crippen LogP contribution in [0.4, 0.5) is 4.39 Å². The number of halogens is 1. The summed E-state index contributed by atoms with van der Waals surface area (Å²) >= 11 is 0. The van der Waals surface area contributed by atoms with Crippen LogP contribution in [0.15, 0.2) is 12.7 Å². The number of aliphatic hydroxyl groups is 1. The Morgan fingerprint density at radius 1 is 1.36 bits per heavy atom. The molecule has 0 aromatic heterocycles. The Morgan fingerprint density at radius 2 is 1.82 bits per heavy atom. The van der Waals surface area contributed by atoms with E-state index in [4.69, 9.17) is 5.11 Å². The summed E-state index contributed by atoms with van der Waals surface area (Å²) in [6, 6.07) is 0. The van der Waals surface area contributed by atoms with Crippen LogP contribution >= 0.6 is 0 Å². The van der Waals surface area contributed by atoms with Crippen molar-refractivity contribution in [1.29, 1.82) is 0 Å². The maximum atomic E-state index is 12.5. The van der Waals surface area contributed by atoms with Gasteiger partial charge in [-0.2, -0.15) is 0 Å². The van der Waals surface area contributed by atoms with Gasteiger partial charge in [0.15, 0.2) is 0 Å². The molecule has 66 valence electrons. The van der Waals surface area contributed by atoms with E-state index < -0.39 is 12.3 Å². The van der Waals surface area contributed by atoms with Crippen LogP contribution in [0.1, 0.15) is 20.8 Å². The molecule has 0 heterocycles. The maximum absolute atomic E-state index is 12.5. The topological polar surface area (TPSA) is 20.2 Å². The van der Waals surface area contributed by atoms with E-state index in [0.29, 0.717) is 5.92 Å². The first-order valence-corrected chi connectivity index (χ1v) is 3.95. The van der Waals surface area contributed by atoms with Gasteiger partial charge in [0.1, 0.15) is 0 Å². The molecule has 0 saturated heterocycles. The number of rotatable bonds is 4. The van der Waals surface area contributed by atoms with E-state index in [2.05, 4.69) is 6.58 Å². The first kappa shape index (κ1) is 10.6. The first-order valence-electron chi connectivity index (χ1n) is 3.95. The second-order valence-electron chi connectivity index (χ2n) is 3.29. The molecule has 0 saturated carbocycles. The fraction of sp³-hybridized carbons (Fsp3) is 0.778. The smallest absolute Gasteiger partial charge is 0.202 e. The van der Waals surface area contributed by atoms with Crippen molar-refractivity contribution in [1.82, 2.24) is 0 Å². The highest BCUT2D eigenvalue weighted by Crippen LogP contribution is 2.24. The predicted molar refractivity (Wildman–Crippen MR) is 44.8 cm³/mol. The minimum Gasteiger partial charge on any atom is -0.364 e. The van der Waals surface area contributed by atoms with Gasteiger partial charge in [0.2, 0.25) is 6.36 Å². The van der Waals surface area contributed by atoms with Gasteiger partial charge in [0, 0.05) is 5.92 Å². The average molecular weight is 160 g/mol. The third kappa shape index (κ3) is 3.02. The lowest BCUT2D eigenvalue weighted by atomic mass is 9.85. The van der Waals surface area contributed by atoms with Gasteiger partial charge in [-0.25, -0.2) is 4.39 Å². The summed E-state index contributed by atoms with van der Waals surface area (Å²) in [6.45, 7) is 9.41. The highest BCUT2D eigenvalue weighted by Gasteiger charge is 2.23. The van der Waals surface area contributed by atoms with Crippen LogP contribution in [0.25, 0.3) is 0 Å². The van der Waals surface area contributed by atoms with Crippen LogP contribution in [-0.2, 0) is 0 Å². The quantitative estimate of drug-likeness (QED) is 0.626.